The summed E-state index contributed by atoms with van der Waals surface area (Å²) in [4.78, 5) is 4.39. The summed E-state index contributed by atoms with van der Waals surface area (Å²) in [7, 11) is 0. The number of thioether (sulfide) groups is 1. The number of aliphatic hydroxyl groups excluding tert-OH is 3. The number of rotatable bonds is 5. The van der Waals surface area contributed by atoms with Gasteiger partial charge in [0.05, 0.1) is 22.8 Å². The molecule has 13 heteroatoms. The van der Waals surface area contributed by atoms with Gasteiger partial charge in [-0.1, -0.05) is 40.2 Å². The summed E-state index contributed by atoms with van der Waals surface area (Å²) < 4.78 is 20.2. The standard InChI is InChI=1S/C17H15Cl2FN4O4S2/c18-8-2-1-7(3-9(8)19)30-17-15(27)13(14(26)11(5-25)28-17)24-4-10(22-23-24)16-21-12(20)6-29-16/h1-4,6,11,13-15,17,25-27H,5H2/t11?,13?,14-,15-,17+/m0/s1. The van der Waals surface area contributed by atoms with Gasteiger partial charge in [-0.15, -0.1) is 16.4 Å². The summed E-state index contributed by atoms with van der Waals surface area (Å²) in [6.45, 7) is -0.470. The van der Waals surface area contributed by atoms with Crippen molar-refractivity contribution in [1.82, 2.24) is 20.0 Å². The van der Waals surface area contributed by atoms with Gasteiger partial charge in [0, 0.05) is 10.3 Å². The maximum absolute atomic E-state index is 13.2. The van der Waals surface area contributed by atoms with Crippen molar-refractivity contribution in [1.29, 1.82) is 0 Å². The lowest BCUT2D eigenvalue weighted by molar-refractivity contribution is -0.178. The van der Waals surface area contributed by atoms with Crippen molar-refractivity contribution in [3.63, 3.8) is 0 Å². The van der Waals surface area contributed by atoms with E-state index in [1.165, 1.54) is 16.3 Å². The Kier molecular flexibility index (Phi) is 6.61. The Hall–Kier alpha value is -1.31. The largest absolute Gasteiger partial charge is 0.394 e. The van der Waals surface area contributed by atoms with Gasteiger partial charge in [0.15, 0.2) is 0 Å². The normalized spacial score (nSPS) is 26.8. The first kappa shape index (κ1) is 21.9. The molecule has 0 amide bonds. The van der Waals surface area contributed by atoms with E-state index in [1.807, 2.05) is 0 Å². The number of hydrogen-bond donors (Lipinski definition) is 3. The first-order valence-electron chi connectivity index (χ1n) is 8.64. The highest BCUT2D eigenvalue weighted by Crippen LogP contribution is 2.39. The average Bonchev–Trinajstić information content (AvgIpc) is 3.36. The van der Waals surface area contributed by atoms with Crippen molar-refractivity contribution >= 4 is 46.3 Å². The summed E-state index contributed by atoms with van der Waals surface area (Å²) in [6.07, 6.45) is -2.00. The molecule has 3 heterocycles. The fraction of sp³-hybridized carbons (Fsp3) is 0.353. The van der Waals surface area contributed by atoms with E-state index in [2.05, 4.69) is 15.3 Å². The van der Waals surface area contributed by atoms with E-state index in [4.69, 9.17) is 27.9 Å². The van der Waals surface area contributed by atoms with Crippen molar-refractivity contribution in [2.45, 2.75) is 34.7 Å². The molecule has 0 spiro atoms. The Bertz CT molecular complexity index is 1040. The lowest BCUT2D eigenvalue weighted by Gasteiger charge is -2.41. The van der Waals surface area contributed by atoms with E-state index in [0.29, 0.717) is 25.6 Å². The van der Waals surface area contributed by atoms with Gasteiger partial charge in [-0.3, -0.25) is 0 Å². The minimum absolute atomic E-state index is 0.295. The van der Waals surface area contributed by atoms with E-state index >= 15 is 0 Å². The third kappa shape index (κ3) is 4.34. The Balaban J connectivity index is 1.61. The molecular formula is C17H15Cl2FN4O4S2. The molecule has 30 heavy (non-hydrogen) atoms. The summed E-state index contributed by atoms with van der Waals surface area (Å²) in [6, 6.07) is 3.99. The van der Waals surface area contributed by atoms with Crippen LogP contribution >= 0.6 is 46.3 Å². The number of hydrogen-bond acceptors (Lipinski definition) is 9. The quantitative estimate of drug-likeness (QED) is 0.497. The highest BCUT2D eigenvalue weighted by Gasteiger charge is 2.46. The molecule has 8 nitrogen and oxygen atoms in total. The summed E-state index contributed by atoms with van der Waals surface area (Å²) in [5.41, 5.74) is -0.554. The molecule has 4 rings (SSSR count). The van der Waals surface area contributed by atoms with Crippen LogP contribution in [0.3, 0.4) is 0 Å². The molecule has 0 aliphatic carbocycles. The van der Waals surface area contributed by atoms with Crippen LogP contribution < -0.4 is 0 Å². The SMILES string of the molecule is OCC1O[C@H](Sc2ccc(Cl)c(Cl)c2)[C@@H](O)C(n2cc(-c3nc(F)cs3)nn2)[C@H]1O. The van der Waals surface area contributed by atoms with Crippen LogP contribution in [0, 0.1) is 5.95 Å². The molecule has 1 aliphatic heterocycles. The number of nitrogens with zero attached hydrogens (tertiary/aromatic N) is 4. The van der Waals surface area contributed by atoms with Crippen LogP contribution in [-0.4, -0.2) is 65.7 Å². The fourth-order valence-corrected chi connectivity index (χ4v) is 5.13. The predicted molar refractivity (Wildman–Crippen MR) is 110 cm³/mol. The Morgan fingerprint density at radius 2 is 2.03 bits per heavy atom. The molecule has 3 N–H and O–H groups in total. The molecule has 3 aromatic rings. The third-order valence-corrected chi connectivity index (χ3v) is 7.23. The zero-order valence-electron chi connectivity index (χ0n) is 15.0. The van der Waals surface area contributed by atoms with Crippen LogP contribution in [0.1, 0.15) is 6.04 Å². The molecule has 1 aromatic carbocycles. The highest BCUT2D eigenvalue weighted by molar-refractivity contribution is 7.99. The number of aromatic nitrogens is 4. The molecule has 2 unspecified atom stereocenters. The molecule has 1 fully saturated rings. The summed E-state index contributed by atoms with van der Waals surface area (Å²) in [5, 5.41) is 41.4. The van der Waals surface area contributed by atoms with Gasteiger partial charge in [-0.05, 0) is 18.2 Å². The third-order valence-electron chi connectivity index (χ3n) is 4.50. The van der Waals surface area contributed by atoms with Crippen molar-refractivity contribution in [3.8, 4) is 10.7 Å². The van der Waals surface area contributed by atoms with Gasteiger partial charge in [0.25, 0.3) is 0 Å². The smallest absolute Gasteiger partial charge is 0.224 e. The van der Waals surface area contributed by atoms with Gasteiger partial charge < -0.3 is 20.1 Å². The van der Waals surface area contributed by atoms with Crippen LogP contribution in [0.15, 0.2) is 34.7 Å². The molecular weight excluding hydrogens is 478 g/mol. The van der Waals surface area contributed by atoms with Crippen molar-refractivity contribution < 1.29 is 24.4 Å². The van der Waals surface area contributed by atoms with Crippen molar-refractivity contribution in [2.24, 2.45) is 0 Å². The monoisotopic (exact) mass is 492 g/mol. The topological polar surface area (TPSA) is 114 Å². The zero-order valence-corrected chi connectivity index (χ0v) is 18.1. The average molecular weight is 493 g/mol. The molecule has 0 radical (unpaired) electrons. The van der Waals surface area contributed by atoms with Crippen LogP contribution in [0.4, 0.5) is 4.39 Å². The molecule has 0 saturated carbocycles. The predicted octanol–water partition coefficient (Wildman–Crippen LogP) is 2.62. The summed E-state index contributed by atoms with van der Waals surface area (Å²) >= 11 is 14.2. The minimum Gasteiger partial charge on any atom is -0.394 e. The second-order valence-corrected chi connectivity index (χ2v) is 9.29. The maximum atomic E-state index is 13.2. The van der Waals surface area contributed by atoms with Gasteiger partial charge in [-0.2, -0.15) is 4.39 Å². The van der Waals surface area contributed by atoms with Gasteiger partial charge in [0.1, 0.15) is 40.5 Å². The molecule has 160 valence electrons. The van der Waals surface area contributed by atoms with Crippen LogP contribution in [0.2, 0.25) is 10.0 Å². The Morgan fingerprint density at radius 1 is 1.23 bits per heavy atom. The van der Waals surface area contributed by atoms with E-state index in [1.54, 1.807) is 18.2 Å². The number of thiazole rings is 1. The van der Waals surface area contributed by atoms with Crippen LogP contribution in [0.5, 0.6) is 0 Å². The van der Waals surface area contributed by atoms with Crippen LogP contribution in [-0.2, 0) is 4.74 Å². The van der Waals surface area contributed by atoms with Crippen molar-refractivity contribution in [3.05, 3.63) is 45.8 Å². The van der Waals surface area contributed by atoms with Crippen molar-refractivity contribution in [2.75, 3.05) is 6.61 Å². The molecule has 0 bridgehead atoms. The van der Waals surface area contributed by atoms with Crippen LogP contribution in [0.25, 0.3) is 10.7 Å². The first-order valence-corrected chi connectivity index (χ1v) is 11.2. The van der Waals surface area contributed by atoms with E-state index in [9.17, 15) is 19.7 Å². The maximum Gasteiger partial charge on any atom is 0.224 e. The van der Waals surface area contributed by atoms with E-state index < -0.39 is 42.3 Å². The first-order chi connectivity index (χ1) is 14.4. The number of halogens is 3. The lowest BCUT2D eigenvalue weighted by Crippen LogP contribution is -2.55. The molecule has 2 aromatic heterocycles. The second kappa shape index (κ2) is 9.05. The molecule has 1 saturated heterocycles. The minimum atomic E-state index is -1.27. The van der Waals surface area contributed by atoms with Gasteiger partial charge in [-0.25, -0.2) is 9.67 Å². The zero-order chi connectivity index (χ0) is 21.4. The summed E-state index contributed by atoms with van der Waals surface area (Å²) in [5.74, 6) is -0.630. The number of benzene rings is 1. The van der Waals surface area contributed by atoms with E-state index in [-0.39, 0.29) is 0 Å². The molecule has 1 aliphatic rings. The molecule has 5 atom stereocenters. The Morgan fingerprint density at radius 3 is 2.70 bits per heavy atom. The number of aliphatic hydroxyl groups is 3. The van der Waals surface area contributed by atoms with Gasteiger partial charge in [0.2, 0.25) is 5.95 Å². The lowest BCUT2D eigenvalue weighted by atomic mass is 9.97. The van der Waals surface area contributed by atoms with Gasteiger partial charge >= 0.3 is 0 Å². The fourth-order valence-electron chi connectivity index (χ4n) is 3.05. The Labute approximate surface area is 188 Å². The second-order valence-electron chi connectivity index (χ2n) is 6.45. The highest BCUT2D eigenvalue weighted by atomic mass is 35.5. The number of ether oxygens (including phenoxy) is 1. The van der Waals surface area contributed by atoms with E-state index in [0.717, 1.165) is 23.1 Å².